The summed E-state index contributed by atoms with van der Waals surface area (Å²) in [4.78, 5) is 0. The smallest absolute Gasteiger partial charge is 0.159 e. The molecule has 5 heteroatoms. The molecule has 0 aliphatic heterocycles. The molecular weight excluding hydrogens is 254 g/mol. The lowest BCUT2D eigenvalue weighted by molar-refractivity contribution is 0.493. The molecular formula is C9H11BrF2N2. The zero-order chi connectivity index (χ0) is 10.7. The van der Waals surface area contributed by atoms with Gasteiger partial charge < -0.3 is 0 Å². The second-order valence-electron chi connectivity index (χ2n) is 2.92. The summed E-state index contributed by atoms with van der Waals surface area (Å²) < 4.78 is 26.2. The highest BCUT2D eigenvalue weighted by molar-refractivity contribution is 9.10. The predicted molar refractivity (Wildman–Crippen MR) is 54.4 cm³/mol. The molecule has 2 nitrogen and oxygen atoms in total. The lowest BCUT2D eigenvalue weighted by Crippen LogP contribution is -2.27. The molecule has 14 heavy (non-hydrogen) atoms. The maximum Gasteiger partial charge on any atom is 0.159 e. The SMILES string of the molecule is CCC(NN)c1cc(F)c(F)cc1Br. The van der Waals surface area contributed by atoms with Crippen molar-refractivity contribution in [3.8, 4) is 0 Å². The fourth-order valence-corrected chi connectivity index (χ4v) is 1.82. The molecule has 0 spiro atoms. The molecule has 0 radical (unpaired) electrons. The van der Waals surface area contributed by atoms with Crippen LogP contribution >= 0.6 is 15.9 Å². The third kappa shape index (κ3) is 2.29. The van der Waals surface area contributed by atoms with Crippen molar-refractivity contribution in [1.82, 2.24) is 5.43 Å². The molecule has 0 aromatic heterocycles. The minimum absolute atomic E-state index is 0.181. The number of halogens is 3. The van der Waals surface area contributed by atoms with E-state index in [1.807, 2.05) is 6.92 Å². The van der Waals surface area contributed by atoms with Gasteiger partial charge in [0, 0.05) is 10.5 Å². The van der Waals surface area contributed by atoms with Crippen molar-refractivity contribution in [2.75, 3.05) is 0 Å². The second kappa shape index (κ2) is 4.82. The van der Waals surface area contributed by atoms with Crippen LogP contribution in [0.2, 0.25) is 0 Å². The van der Waals surface area contributed by atoms with Crippen molar-refractivity contribution in [2.24, 2.45) is 5.84 Å². The minimum atomic E-state index is -0.868. The topological polar surface area (TPSA) is 38.0 Å². The third-order valence-electron chi connectivity index (χ3n) is 2.02. The van der Waals surface area contributed by atoms with E-state index in [0.29, 0.717) is 16.5 Å². The monoisotopic (exact) mass is 264 g/mol. The molecule has 0 heterocycles. The molecule has 1 aromatic rings. The second-order valence-corrected chi connectivity index (χ2v) is 3.77. The zero-order valence-electron chi connectivity index (χ0n) is 7.65. The van der Waals surface area contributed by atoms with E-state index in [0.717, 1.165) is 12.1 Å². The van der Waals surface area contributed by atoms with E-state index < -0.39 is 11.6 Å². The summed E-state index contributed by atoms with van der Waals surface area (Å²) in [5, 5.41) is 0. The Kier molecular flexibility index (Phi) is 3.97. The van der Waals surface area contributed by atoms with Crippen LogP contribution in [0.15, 0.2) is 16.6 Å². The quantitative estimate of drug-likeness (QED) is 0.501. The van der Waals surface area contributed by atoms with E-state index in [4.69, 9.17) is 5.84 Å². The van der Waals surface area contributed by atoms with Gasteiger partial charge in [0.25, 0.3) is 0 Å². The predicted octanol–water partition coefficient (Wildman–Crippen LogP) is 2.64. The molecule has 0 saturated heterocycles. The molecule has 1 aromatic carbocycles. The minimum Gasteiger partial charge on any atom is -0.271 e. The first-order valence-corrected chi connectivity index (χ1v) is 5.00. The average Bonchev–Trinajstić information content (AvgIpc) is 2.15. The fraction of sp³-hybridized carbons (Fsp3) is 0.333. The van der Waals surface area contributed by atoms with Crippen LogP contribution in [-0.4, -0.2) is 0 Å². The molecule has 0 amide bonds. The Balaban J connectivity index is 3.14. The average molecular weight is 265 g/mol. The first kappa shape index (κ1) is 11.6. The molecule has 0 fully saturated rings. The number of benzene rings is 1. The van der Waals surface area contributed by atoms with E-state index in [9.17, 15) is 8.78 Å². The van der Waals surface area contributed by atoms with Gasteiger partial charge in [-0.05, 0) is 24.1 Å². The Morgan fingerprint density at radius 1 is 1.43 bits per heavy atom. The molecule has 0 bridgehead atoms. The number of hydrogen-bond donors (Lipinski definition) is 2. The summed E-state index contributed by atoms with van der Waals surface area (Å²) in [6.07, 6.45) is 0.695. The maximum absolute atomic E-state index is 12.9. The van der Waals surface area contributed by atoms with Crippen LogP contribution in [0.3, 0.4) is 0 Å². The first-order chi connectivity index (χ1) is 6.60. The van der Waals surface area contributed by atoms with Crippen molar-refractivity contribution in [2.45, 2.75) is 19.4 Å². The number of nitrogens with one attached hydrogen (secondary N) is 1. The highest BCUT2D eigenvalue weighted by atomic mass is 79.9. The summed E-state index contributed by atoms with van der Waals surface area (Å²) in [5.41, 5.74) is 3.16. The molecule has 78 valence electrons. The van der Waals surface area contributed by atoms with Gasteiger partial charge in [-0.2, -0.15) is 0 Å². The van der Waals surface area contributed by atoms with E-state index in [2.05, 4.69) is 21.4 Å². The van der Waals surface area contributed by atoms with Crippen LogP contribution in [0.1, 0.15) is 24.9 Å². The van der Waals surface area contributed by atoms with Gasteiger partial charge in [0.05, 0.1) is 0 Å². The van der Waals surface area contributed by atoms with E-state index in [-0.39, 0.29) is 6.04 Å². The van der Waals surface area contributed by atoms with Gasteiger partial charge in [0.15, 0.2) is 11.6 Å². The van der Waals surface area contributed by atoms with Gasteiger partial charge >= 0.3 is 0 Å². The van der Waals surface area contributed by atoms with Gasteiger partial charge in [-0.3, -0.25) is 11.3 Å². The number of nitrogens with two attached hydrogens (primary N) is 1. The Bertz CT molecular complexity index is 327. The number of rotatable bonds is 3. The van der Waals surface area contributed by atoms with Crippen molar-refractivity contribution in [1.29, 1.82) is 0 Å². The fourth-order valence-electron chi connectivity index (χ4n) is 1.23. The summed E-state index contributed by atoms with van der Waals surface area (Å²) in [6, 6.07) is 2.07. The van der Waals surface area contributed by atoms with Crippen LogP contribution in [0.4, 0.5) is 8.78 Å². The molecule has 0 aliphatic rings. The van der Waals surface area contributed by atoms with Gasteiger partial charge in [-0.25, -0.2) is 8.78 Å². The zero-order valence-corrected chi connectivity index (χ0v) is 9.24. The normalized spacial score (nSPS) is 12.9. The number of hydrazine groups is 1. The van der Waals surface area contributed by atoms with Crippen LogP contribution in [0.5, 0.6) is 0 Å². The van der Waals surface area contributed by atoms with Crippen molar-refractivity contribution in [3.63, 3.8) is 0 Å². The van der Waals surface area contributed by atoms with Crippen LogP contribution in [0, 0.1) is 11.6 Å². The maximum atomic E-state index is 12.9. The Morgan fingerprint density at radius 2 is 2.00 bits per heavy atom. The van der Waals surface area contributed by atoms with E-state index in [1.54, 1.807) is 0 Å². The summed E-state index contributed by atoms with van der Waals surface area (Å²) >= 11 is 3.16. The first-order valence-electron chi connectivity index (χ1n) is 4.20. The van der Waals surface area contributed by atoms with Crippen LogP contribution in [0.25, 0.3) is 0 Å². The largest absolute Gasteiger partial charge is 0.271 e. The lowest BCUT2D eigenvalue weighted by Gasteiger charge is -2.15. The summed E-state index contributed by atoms with van der Waals surface area (Å²) in [5.74, 6) is 3.55. The van der Waals surface area contributed by atoms with Gasteiger partial charge in [0.2, 0.25) is 0 Å². The lowest BCUT2D eigenvalue weighted by atomic mass is 10.1. The van der Waals surface area contributed by atoms with Gasteiger partial charge in [0.1, 0.15) is 0 Å². The van der Waals surface area contributed by atoms with Crippen molar-refractivity contribution < 1.29 is 8.78 Å². The van der Waals surface area contributed by atoms with Crippen LogP contribution in [-0.2, 0) is 0 Å². The molecule has 1 unspecified atom stereocenters. The highest BCUT2D eigenvalue weighted by Gasteiger charge is 2.14. The molecule has 1 atom stereocenters. The summed E-state index contributed by atoms with van der Waals surface area (Å²) in [7, 11) is 0. The molecule has 0 saturated carbocycles. The van der Waals surface area contributed by atoms with E-state index >= 15 is 0 Å². The third-order valence-corrected chi connectivity index (χ3v) is 2.71. The Labute approximate surface area is 89.6 Å². The Morgan fingerprint density at radius 3 is 2.50 bits per heavy atom. The van der Waals surface area contributed by atoms with Crippen molar-refractivity contribution in [3.05, 3.63) is 33.8 Å². The standard InChI is InChI=1S/C9H11BrF2N2/c1-2-9(14-13)5-3-7(11)8(12)4-6(5)10/h3-4,9,14H,2,13H2,1H3. The van der Waals surface area contributed by atoms with Gasteiger partial charge in [-0.1, -0.05) is 22.9 Å². The highest BCUT2D eigenvalue weighted by Crippen LogP contribution is 2.27. The molecule has 0 aliphatic carbocycles. The molecule has 1 rings (SSSR count). The summed E-state index contributed by atoms with van der Waals surface area (Å²) in [6.45, 7) is 1.90. The van der Waals surface area contributed by atoms with Crippen molar-refractivity contribution >= 4 is 15.9 Å². The van der Waals surface area contributed by atoms with Gasteiger partial charge in [-0.15, -0.1) is 0 Å². The Hall–Kier alpha value is -0.520. The molecule has 3 N–H and O–H groups in total. The van der Waals surface area contributed by atoms with E-state index in [1.165, 1.54) is 0 Å². The van der Waals surface area contributed by atoms with Crippen LogP contribution < -0.4 is 11.3 Å². The number of hydrogen-bond acceptors (Lipinski definition) is 2.